The summed E-state index contributed by atoms with van der Waals surface area (Å²) >= 11 is 5.29. The molecule has 6 nitrogen and oxygen atoms in total. The second-order valence-corrected chi connectivity index (χ2v) is 7.45. The molecule has 1 aliphatic rings. The molecule has 7 heteroatoms. The Labute approximate surface area is 176 Å². The van der Waals surface area contributed by atoms with Gasteiger partial charge in [-0.05, 0) is 63.2 Å². The van der Waals surface area contributed by atoms with Gasteiger partial charge in [0.25, 0.3) is 5.91 Å². The summed E-state index contributed by atoms with van der Waals surface area (Å²) in [6, 6.07) is 14.5. The van der Waals surface area contributed by atoms with Crippen LogP contribution in [0.1, 0.15) is 37.0 Å². The van der Waals surface area contributed by atoms with Crippen LogP contribution < -0.4 is 20.1 Å². The molecule has 1 amide bonds. The van der Waals surface area contributed by atoms with Crippen LogP contribution in [0.3, 0.4) is 0 Å². The molecule has 2 N–H and O–H groups in total. The van der Waals surface area contributed by atoms with Crippen molar-refractivity contribution in [3.63, 3.8) is 0 Å². The minimum Gasteiger partial charge on any atom is -0.491 e. The van der Waals surface area contributed by atoms with E-state index < -0.39 is 0 Å². The van der Waals surface area contributed by atoms with Gasteiger partial charge in [0.1, 0.15) is 18.1 Å². The van der Waals surface area contributed by atoms with Crippen LogP contribution in [-0.2, 0) is 4.74 Å². The molecule has 1 heterocycles. The summed E-state index contributed by atoms with van der Waals surface area (Å²) in [7, 11) is 0. The normalized spacial score (nSPS) is 15.8. The van der Waals surface area contributed by atoms with Gasteiger partial charge in [-0.1, -0.05) is 18.2 Å². The third kappa shape index (κ3) is 6.44. The Kier molecular flexibility index (Phi) is 7.43. The van der Waals surface area contributed by atoms with Crippen molar-refractivity contribution in [3.05, 3.63) is 54.1 Å². The van der Waals surface area contributed by atoms with Gasteiger partial charge in [0.2, 0.25) is 0 Å². The van der Waals surface area contributed by atoms with Crippen molar-refractivity contribution in [3.8, 4) is 11.5 Å². The van der Waals surface area contributed by atoms with Crippen molar-refractivity contribution in [2.75, 3.05) is 18.5 Å². The number of hydrogen-bond acceptors (Lipinski definition) is 5. The first-order chi connectivity index (χ1) is 14.0. The van der Waals surface area contributed by atoms with Crippen molar-refractivity contribution in [1.82, 2.24) is 5.32 Å². The van der Waals surface area contributed by atoms with Crippen molar-refractivity contribution in [1.29, 1.82) is 0 Å². The van der Waals surface area contributed by atoms with Crippen LogP contribution >= 0.6 is 12.2 Å². The van der Waals surface area contributed by atoms with Crippen LogP contribution in [0.25, 0.3) is 0 Å². The highest BCUT2D eigenvalue weighted by Gasteiger charge is 2.16. The molecule has 0 aromatic heterocycles. The Bertz CT molecular complexity index is 850. The average Bonchev–Trinajstić information content (AvgIpc) is 3.20. The molecular weight excluding hydrogens is 388 g/mol. The molecule has 2 aromatic carbocycles. The lowest BCUT2D eigenvalue weighted by atomic mass is 10.2. The van der Waals surface area contributed by atoms with Gasteiger partial charge in [-0.3, -0.25) is 10.1 Å². The highest BCUT2D eigenvalue weighted by Crippen LogP contribution is 2.21. The first-order valence-electron chi connectivity index (χ1n) is 9.74. The molecule has 1 unspecified atom stereocenters. The molecule has 2 aromatic rings. The lowest BCUT2D eigenvalue weighted by Gasteiger charge is -2.15. The summed E-state index contributed by atoms with van der Waals surface area (Å²) in [5, 5.41) is 5.91. The SMILES string of the molecule is CC(C)Oc1ccccc1C(=O)NC(=S)Nc1cccc(OCC2CCCO2)c1. The molecule has 0 saturated carbocycles. The number of anilines is 1. The largest absolute Gasteiger partial charge is 0.491 e. The smallest absolute Gasteiger partial charge is 0.261 e. The lowest BCUT2D eigenvalue weighted by Crippen LogP contribution is -2.34. The number of carbonyl (C=O) groups excluding carboxylic acids is 1. The fourth-order valence-electron chi connectivity index (χ4n) is 2.97. The van der Waals surface area contributed by atoms with Crippen molar-refractivity contribution in [2.45, 2.75) is 38.9 Å². The van der Waals surface area contributed by atoms with E-state index in [1.54, 1.807) is 18.2 Å². The first-order valence-corrected chi connectivity index (χ1v) is 10.1. The topological polar surface area (TPSA) is 68.8 Å². The van der Waals surface area contributed by atoms with Gasteiger partial charge < -0.3 is 19.5 Å². The molecule has 1 atom stereocenters. The van der Waals surface area contributed by atoms with Gasteiger partial charge >= 0.3 is 0 Å². The predicted octanol–water partition coefficient (Wildman–Crippen LogP) is 4.16. The van der Waals surface area contributed by atoms with Gasteiger partial charge in [0.15, 0.2) is 5.11 Å². The number of thiocarbonyl (C=S) groups is 1. The molecule has 0 radical (unpaired) electrons. The molecule has 29 heavy (non-hydrogen) atoms. The quantitative estimate of drug-likeness (QED) is 0.663. The van der Waals surface area contributed by atoms with Crippen molar-refractivity contribution < 1.29 is 19.0 Å². The number of amides is 1. The van der Waals surface area contributed by atoms with Gasteiger partial charge in [-0.25, -0.2) is 0 Å². The van der Waals surface area contributed by atoms with E-state index >= 15 is 0 Å². The third-order valence-corrected chi connectivity index (χ3v) is 4.48. The number of para-hydroxylation sites is 1. The number of carbonyl (C=O) groups is 1. The Morgan fingerprint density at radius 2 is 2.07 bits per heavy atom. The Morgan fingerprint density at radius 3 is 2.83 bits per heavy atom. The fraction of sp³-hybridized carbons (Fsp3) is 0.364. The summed E-state index contributed by atoms with van der Waals surface area (Å²) in [5.74, 6) is 0.909. The molecule has 1 aliphatic heterocycles. The number of nitrogens with one attached hydrogen (secondary N) is 2. The van der Waals surface area contributed by atoms with E-state index in [1.807, 2.05) is 44.2 Å². The zero-order valence-corrected chi connectivity index (χ0v) is 17.5. The standard InChI is InChI=1S/C22H26N2O4S/c1-15(2)28-20-11-4-3-10-19(20)21(25)24-22(29)23-16-7-5-8-17(13-16)27-14-18-9-6-12-26-18/h3-5,7-8,10-11,13,15,18H,6,9,12,14H2,1-2H3,(H2,23,24,25,29). The van der Waals surface area contributed by atoms with E-state index in [0.717, 1.165) is 30.9 Å². The molecule has 154 valence electrons. The number of ether oxygens (including phenoxy) is 3. The lowest BCUT2D eigenvalue weighted by molar-refractivity contribution is 0.0680. The van der Waals surface area contributed by atoms with E-state index in [2.05, 4.69) is 10.6 Å². The Balaban J connectivity index is 1.56. The van der Waals surface area contributed by atoms with Crippen LogP contribution in [0, 0.1) is 0 Å². The summed E-state index contributed by atoms with van der Waals surface area (Å²) in [6.45, 7) is 5.15. The van der Waals surface area contributed by atoms with E-state index in [0.29, 0.717) is 17.9 Å². The highest BCUT2D eigenvalue weighted by atomic mass is 32.1. The Morgan fingerprint density at radius 1 is 1.24 bits per heavy atom. The minimum atomic E-state index is -0.329. The molecule has 0 bridgehead atoms. The highest BCUT2D eigenvalue weighted by molar-refractivity contribution is 7.80. The van der Waals surface area contributed by atoms with E-state index in [4.69, 9.17) is 26.4 Å². The van der Waals surface area contributed by atoms with Gasteiger partial charge in [0, 0.05) is 18.4 Å². The van der Waals surface area contributed by atoms with Crippen molar-refractivity contribution in [2.24, 2.45) is 0 Å². The minimum absolute atomic E-state index is 0.0357. The first kappa shape index (κ1) is 21.1. The second-order valence-electron chi connectivity index (χ2n) is 7.04. The monoisotopic (exact) mass is 414 g/mol. The molecular formula is C22H26N2O4S. The van der Waals surface area contributed by atoms with Crippen LogP contribution in [-0.4, -0.2) is 36.4 Å². The average molecular weight is 415 g/mol. The summed E-state index contributed by atoms with van der Waals surface area (Å²) < 4.78 is 17.1. The number of hydrogen-bond donors (Lipinski definition) is 2. The summed E-state index contributed by atoms with van der Waals surface area (Å²) in [4.78, 5) is 12.6. The number of benzene rings is 2. The second kappa shape index (κ2) is 10.2. The summed E-state index contributed by atoms with van der Waals surface area (Å²) in [6.07, 6.45) is 2.22. The van der Waals surface area contributed by atoms with Gasteiger partial charge in [0.05, 0.1) is 17.8 Å². The Hall–Kier alpha value is -2.64. The van der Waals surface area contributed by atoms with Crippen LogP contribution in [0.5, 0.6) is 11.5 Å². The fourth-order valence-corrected chi connectivity index (χ4v) is 3.18. The molecule has 3 rings (SSSR count). The zero-order chi connectivity index (χ0) is 20.6. The molecule has 0 aliphatic carbocycles. The van der Waals surface area contributed by atoms with Crippen LogP contribution in [0.15, 0.2) is 48.5 Å². The number of rotatable bonds is 7. The third-order valence-electron chi connectivity index (χ3n) is 4.27. The zero-order valence-electron chi connectivity index (χ0n) is 16.6. The maximum atomic E-state index is 12.6. The van der Waals surface area contributed by atoms with E-state index in [-0.39, 0.29) is 23.2 Å². The predicted molar refractivity (Wildman–Crippen MR) is 117 cm³/mol. The van der Waals surface area contributed by atoms with Gasteiger partial charge in [-0.15, -0.1) is 0 Å². The van der Waals surface area contributed by atoms with E-state index in [9.17, 15) is 4.79 Å². The van der Waals surface area contributed by atoms with Crippen LogP contribution in [0.4, 0.5) is 5.69 Å². The maximum Gasteiger partial charge on any atom is 0.261 e. The molecule has 0 spiro atoms. The molecule has 1 saturated heterocycles. The van der Waals surface area contributed by atoms with Gasteiger partial charge in [-0.2, -0.15) is 0 Å². The van der Waals surface area contributed by atoms with Crippen LogP contribution in [0.2, 0.25) is 0 Å². The van der Waals surface area contributed by atoms with Crippen molar-refractivity contribution >= 4 is 28.9 Å². The summed E-state index contributed by atoms with van der Waals surface area (Å²) in [5.41, 5.74) is 1.16. The molecule has 1 fully saturated rings. The maximum absolute atomic E-state index is 12.6. The van der Waals surface area contributed by atoms with E-state index in [1.165, 1.54) is 0 Å².